The fourth-order valence-corrected chi connectivity index (χ4v) is 2.64. The Morgan fingerprint density at radius 1 is 1.40 bits per heavy atom. The van der Waals surface area contributed by atoms with E-state index < -0.39 is 34.0 Å². The molecule has 0 saturated heterocycles. The zero-order chi connectivity index (χ0) is 15.4. The Balaban J connectivity index is 2.76. The molecule has 1 unspecified atom stereocenters. The third kappa shape index (κ3) is 5.25. The van der Waals surface area contributed by atoms with Gasteiger partial charge in [-0.2, -0.15) is 0 Å². The van der Waals surface area contributed by atoms with E-state index in [9.17, 15) is 18.3 Å². The molecule has 112 valence electrons. The van der Waals surface area contributed by atoms with Gasteiger partial charge >= 0.3 is 5.97 Å². The molecule has 1 atom stereocenters. The van der Waals surface area contributed by atoms with Crippen LogP contribution in [0.4, 0.5) is 0 Å². The van der Waals surface area contributed by atoms with Gasteiger partial charge in [0.2, 0.25) is 10.0 Å². The van der Waals surface area contributed by atoms with Crippen molar-refractivity contribution in [2.75, 3.05) is 13.2 Å². The molecule has 1 aromatic carbocycles. The summed E-state index contributed by atoms with van der Waals surface area (Å²) >= 11 is 0. The van der Waals surface area contributed by atoms with E-state index in [0.717, 1.165) is 0 Å². The normalized spacial score (nSPS) is 14.8. The Morgan fingerprint density at radius 2 is 2.05 bits per heavy atom. The summed E-state index contributed by atoms with van der Waals surface area (Å²) < 4.78 is 25.7. The summed E-state index contributed by atoms with van der Waals surface area (Å²) in [5, 5.41) is 27.2. The second-order valence-corrected chi connectivity index (χ2v) is 6.55. The highest BCUT2D eigenvalue weighted by Crippen LogP contribution is 2.09. The van der Waals surface area contributed by atoms with Gasteiger partial charge in [0.05, 0.1) is 23.5 Å². The number of carbonyl (C=O) groups is 1. The van der Waals surface area contributed by atoms with Crippen LogP contribution in [0.2, 0.25) is 0 Å². The second-order valence-electron chi connectivity index (χ2n) is 4.74. The maximum atomic E-state index is 11.8. The van der Waals surface area contributed by atoms with Crippen LogP contribution in [0.5, 0.6) is 0 Å². The summed E-state index contributed by atoms with van der Waals surface area (Å²) in [4.78, 5) is 10.8. The van der Waals surface area contributed by atoms with Crippen molar-refractivity contribution in [3.8, 4) is 0 Å². The maximum absolute atomic E-state index is 11.8. The number of nitrogens with one attached hydrogen (secondary N) is 1. The Kier molecular flexibility index (Phi) is 5.23. The van der Waals surface area contributed by atoms with Crippen LogP contribution in [0.15, 0.2) is 24.3 Å². The summed E-state index contributed by atoms with van der Waals surface area (Å²) in [5.74, 6) is -1.55. The van der Waals surface area contributed by atoms with Gasteiger partial charge in [-0.05, 0) is 24.6 Å². The van der Waals surface area contributed by atoms with Crippen molar-refractivity contribution in [3.05, 3.63) is 35.4 Å². The number of hydrogen-bond donors (Lipinski definition) is 4. The summed E-state index contributed by atoms with van der Waals surface area (Å²) in [7, 11) is -3.73. The summed E-state index contributed by atoms with van der Waals surface area (Å²) in [6, 6.07) is 5.59. The van der Waals surface area contributed by atoms with E-state index in [0.29, 0.717) is 5.56 Å². The Morgan fingerprint density at radius 3 is 2.60 bits per heavy atom. The molecule has 0 saturated carbocycles. The van der Waals surface area contributed by atoms with Gasteiger partial charge in [-0.3, -0.25) is 0 Å². The number of sulfonamides is 1. The number of aromatic carboxylic acids is 1. The number of aliphatic hydroxyl groups excluding tert-OH is 1. The number of rotatable bonds is 7. The van der Waals surface area contributed by atoms with Gasteiger partial charge < -0.3 is 15.3 Å². The van der Waals surface area contributed by atoms with Crippen molar-refractivity contribution >= 4 is 16.0 Å². The van der Waals surface area contributed by atoms with E-state index in [2.05, 4.69) is 4.72 Å². The third-order valence-corrected chi connectivity index (χ3v) is 3.84. The van der Waals surface area contributed by atoms with E-state index >= 15 is 0 Å². The van der Waals surface area contributed by atoms with Gasteiger partial charge in [-0.1, -0.05) is 12.1 Å². The second kappa shape index (κ2) is 6.31. The summed E-state index contributed by atoms with van der Waals surface area (Å²) in [6.45, 7) is 0.384. The first-order chi connectivity index (χ1) is 9.15. The van der Waals surface area contributed by atoms with Gasteiger partial charge in [0.15, 0.2) is 0 Å². The fraction of sp³-hybridized carbons (Fsp3) is 0.417. The molecule has 0 aliphatic heterocycles. The summed E-state index contributed by atoms with van der Waals surface area (Å²) in [6.07, 6.45) is 0. The summed E-state index contributed by atoms with van der Waals surface area (Å²) in [5.41, 5.74) is -1.23. The van der Waals surface area contributed by atoms with Crippen molar-refractivity contribution in [1.29, 1.82) is 0 Å². The van der Waals surface area contributed by atoms with Gasteiger partial charge in [-0.15, -0.1) is 0 Å². The van der Waals surface area contributed by atoms with Gasteiger partial charge in [-0.25, -0.2) is 17.9 Å². The van der Waals surface area contributed by atoms with E-state index in [4.69, 9.17) is 10.2 Å². The molecule has 0 fully saturated rings. The lowest BCUT2D eigenvalue weighted by molar-refractivity contribution is 0.00680. The van der Waals surface area contributed by atoms with Gasteiger partial charge in [0, 0.05) is 6.54 Å². The van der Waals surface area contributed by atoms with E-state index in [1.165, 1.54) is 31.2 Å². The Bertz CT molecular complexity index is 581. The molecule has 0 aromatic heterocycles. The minimum absolute atomic E-state index is 0.0000507. The lowest BCUT2D eigenvalue weighted by atomic mass is 10.1. The van der Waals surface area contributed by atoms with Crippen LogP contribution in [-0.4, -0.2) is 48.5 Å². The number of carboxylic acid groups (broad SMARTS) is 1. The molecule has 20 heavy (non-hydrogen) atoms. The Hall–Kier alpha value is -1.48. The lowest BCUT2D eigenvalue weighted by Gasteiger charge is -2.20. The van der Waals surface area contributed by atoms with Crippen molar-refractivity contribution in [1.82, 2.24) is 4.72 Å². The monoisotopic (exact) mass is 303 g/mol. The van der Waals surface area contributed by atoms with Crippen LogP contribution in [0.1, 0.15) is 22.8 Å². The van der Waals surface area contributed by atoms with Crippen molar-refractivity contribution < 1.29 is 28.5 Å². The molecule has 0 amide bonds. The average Bonchev–Trinajstić information content (AvgIpc) is 2.36. The number of aliphatic hydroxyl groups is 2. The van der Waals surface area contributed by atoms with Crippen LogP contribution in [0.25, 0.3) is 0 Å². The highest BCUT2D eigenvalue weighted by Gasteiger charge is 2.22. The molecule has 4 N–H and O–H groups in total. The highest BCUT2D eigenvalue weighted by molar-refractivity contribution is 7.88. The molecule has 0 bridgehead atoms. The molecular formula is C12H17NO6S. The maximum Gasteiger partial charge on any atom is 0.335 e. The molecule has 0 radical (unpaired) electrons. The van der Waals surface area contributed by atoms with Crippen molar-refractivity contribution in [3.63, 3.8) is 0 Å². The quantitative estimate of drug-likeness (QED) is 0.541. The number of carboxylic acids is 1. The van der Waals surface area contributed by atoms with Crippen LogP contribution >= 0.6 is 0 Å². The lowest BCUT2D eigenvalue weighted by Crippen LogP contribution is -2.43. The molecule has 8 heteroatoms. The number of benzene rings is 1. The molecule has 0 spiro atoms. The van der Waals surface area contributed by atoms with Gasteiger partial charge in [0.25, 0.3) is 0 Å². The minimum Gasteiger partial charge on any atom is -0.478 e. The predicted octanol–water partition coefficient (Wildman–Crippen LogP) is -0.452. The molecule has 7 nitrogen and oxygen atoms in total. The van der Waals surface area contributed by atoms with E-state index in [1.54, 1.807) is 0 Å². The van der Waals surface area contributed by atoms with Crippen LogP contribution in [0, 0.1) is 0 Å². The van der Waals surface area contributed by atoms with Crippen LogP contribution in [-0.2, 0) is 15.8 Å². The number of hydrogen-bond acceptors (Lipinski definition) is 5. The molecule has 0 heterocycles. The molecule has 1 rings (SSSR count). The fourth-order valence-electron chi connectivity index (χ4n) is 1.39. The van der Waals surface area contributed by atoms with Crippen molar-refractivity contribution in [2.45, 2.75) is 18.3 Å². The molecular weight excluding hydrogens is 286 g/mol. The molecule has 0 aliphatic carbocycles. The van der Waals surface area contributed by atoms with E-state index in [-0.39, 0.29) is 12.1 Å². The first-order valence-electron chi connectivity index (χ1n) is 5.78. The topological polar surface area (TPSA) is 124 Å². The molecule has 1 aromatic rings. The van der Waals surface area contributed by atoms with Crippen LogP contribution < -0.4 is 4.72 Å². The first-order valence-corrected chi connectivity index (χ1v) is 7.43. The predicted molar refractivity (Wildman–Crippen MR) is 71.7 cm³/mol. The molecule has 0 aliphatic rings. The zero-order valence-electron chi connectivity index (χ0n) is 10.9. The average molecular weight is 303 g/mol. The SMILES string of the molecule is CC(O)(CO)CNS(=O)(=O)Cc1cccc(C(=O)O)c1. The highest BCUT2D eigenvalue weighted by atomic mass is 32.2. The zero-order valence-corrected chi connectivity index (χ0v) is 11.7. The van der Waals surface area contributed by atoms with E-state index in [1.807, 2.05) is 0 Å². The third-order valence-electron chi connectivity index (χ3n) is 2.54. The largest absolute Gasteiger partial charge is 0.478 e. The Labute approximate surface area is 116 Å². The first kappa shape index (κ1) is 16.6. The standard InChI is InChI=1S/C12H17NO6S/c1-12(17,8-14)7-13-20(18,19)6-9-3-2-4-10(5-9)11(15)16/h2-5,13-14,17H,6-8H2,1H3,(H,15,16). The van der Waals surface area contributed by atoms with Crippen LogP contribution in [0.3, 0.4) is 0 Å². The van der Waals surface area contributed by atoms with Gasteiger partial charge in [0.1, 0.15) is 0 Å². The van der Waals surface area contributed by atoms with Crippen molar-refractivity contribution in [2.24, 2.45) is 0 Å². The minimum atomic E-state index is -3.73. The smallest absolute Gasteiger partial charge is 0.335 e.